The fourth-order valence-corrected chi connectivity index (χ4v) is 3.31. The standard InChI is InChI=1S/C17H29N5O2/c1-11(2)16-20-15-7-6-13(10-22(15)21-16)19-12(3)17(23)18-9-14-5-4-8-24-14/h11-14,19H,4-10H2,1-3H3,(H,18,23). The molecule has 1 saturated heterocycles. The Hall–Kier alpha value is -1.47. The molecular formula is C17H29N5O2. The Balaban J connectivity index is 1.47. The zero-order valence-corrected chi connectivity index (χ0v) is 14.9. The monoisotopic (exact) mass is 335 g/mol. The van der Waals surface area contributed by atoms with Crippen LogP contribution in [0.5, 0.6) is 0 Å². The fraction of sp³-hybridized carbons (Fsp3) is 0.824. The number of nitrogens with one attached hydrogen (secondary N) is 2. The summed E-state index contributed by atoms with van der Waals surface area (Å²) in [5.74, 6) is 2.36. The largest absolute Gasteiger partial charge is 0.376 e. The van der Waals surface area contributed by atoms with Crippen LogP contribution in [0.3, 0.4) is 0 Å². The fourth-order valence-electron chi connectivity index (χ4n) is 3.31. The van der Waals surface area contributed by atoms with E-state index in [-0.39, 0.29) is 24.1 Å². The summed E-state index contributed by atoms with van der Waals surface area (Å²) >= 11 is 0. The van der Waals surface area contributed by atoms with Crippen LogP contribution < -0.4 is 10.6 Å². The molecule has 0 aromatic carbocycles. The molecule has 134 valence electrons. The van der Waals surface area contributed by atoms with E-state index in [1.165, 1.54) is 0 Å². The summed E-state index contributed by atoms with van der Waals surface area (Å²) < 4.78 is 7.53. The van der Waals surface area contributed by atoms with E-state index in [9.17, 15) is 4.79 Å². The van der Waals surface area contributed by atoms with E-state index in [0.29, 0.717) is 12.5 Å². The topological polar surface area (TPSA) is 81.1 Å². The van der Waals surface area contributed by atoms with Gasteiger partial charge >= 0.3 is 0 Å². The second kappa shape index (κ2) is 7.61. The highest BCUT2D eigenvalue weighted by Gasteiger charge is 2.25. The zero-order chi connectivity index (χ0) is 17.1. The Morgan fingerprint density at radius 1 is 1.38 bits per heavy atom. The Kier molecular flexibility index (Phi) is 5.50. The maximum atomic E-state index is 12.2. The van der Waals surface area contributed by atoms with Gasteiger partial charge in [-0.15, -0.1) is 0 Å². The molecule has 3 atom stereocenters. The molecule has 1 aromatic rings. The summed E-state index contributed by atoms with van der Waals surface area (Å²) in [5.41, 5.74) is 0. The molecule has 1 aromatic heterocycles. The Labute approximate surface area is 143 Å². The molecule has 7 nitrogen and oxygen atoms in total. The summed E-state index contributed by atoms with van der Waals surface area (Å²) in [5, 5.41) is 11.0. The molecule has 2 N–H and O–H groups in total. The Morgan fingerprint density at radius 2 is 2.21 bits per heavy atom. The molecular weight excluding hydrogens is 306 g/mol. The second-order valence-electron chi connectivity index (χ2n) is 7.23. The summed E-state index contributed by atoms with van der Waals surface area (Å²) in [4.78, 5) is 16.9. The minimum atomic E-state index is -0.217. The van der Waals surface area contributed by atoms with Crippen molar-refractivity contribution < 1.29 is 9.53 Å². The summed E-state index contributed by atoms with van der Waals surface area (Å²) in [6.45, 7) is 8.34. The van der Waals surface area contributed by atoms with Crippen molar-refractivity contribution in [2.24, 2.45) is 0 Å². The van der Waals surface area contributed by atoms with Gasteiger partial charge in [0.1, 0.15) is 5.82 Å². The van der Waals surface area contributed by atoms with Crippen LogP contribution in [0.1, 0.15) is 57.6 Å². The number of rotatable bonds is 6. The van der Waals surface area contributed by atoms with Crippen LogP contribution in [0.4, 0.5) is 0 Å². The first-order valence-electron chi connectivity index (χ1n) is 9.12. The molecule has 0 bridgehead atoms. The lowest BCUT2D eigenvalue weighted by Gasteiger charge is -2.26. The summed E-state index contributed by atoms with van der Waals surface area (Å²) in [6.07, 6.45) is 4.21. The van der Waals surface area contributed by atoms with Crippen LogP contribution in [-0.2, 0) is 22.5 Å². The summed E-state index contributed by atoms with van der Waals surface area (Å²) in [6, 6.07) is 0.0359. The minimum absolute atomic E-state index is 0.0396. The van der Waals surface area contributed by atoms with Crippen LogP contribution >= 0.6 is 0 Å². The van der Waals surface area contributed by atoms with Crippen LogP contribution in [0.15, 0.2) is 0 Å². The van der Waals surface area contributed by atoms with Crippen LogP contribution in [-0.4, -0.2) is 52.0 Å². The smallest absolute Gasteiger partial charge is 0.236 e. The third-order valence-corrected chi connectivity index (χ3v) is 4.80. The van der Waals surface area contributed by atoms with Gasteiger partial charge in [0.15, 0.2) is 5.82 Å². The molecule has 7 heteroatoms. The highest BCUT2D eigenvalue weighted by atomic mass is 16.5. The van der Waals surface area contributed by atoms with Gasteiger partial charge in [-0.05, 0) is 26.2 Å². The van der Waals surface area contributed by atoms with Gasteiger partial charge in [0.05, 0.1) is 18.7 Å². The molecule has 0 saturated carbocycles. The van der Waals surface area contributed by atoms with Crippen molar-refractivity contribution in [1.29, 1.82) is 0 Å². The van der Waals surface area contributed by atoms with Gasteiger partial charge in [-0.1, -0.05) is 13.8 Å². The average molecular weight is 335 g/mol. The summed E-state index contributed by atoms with van der Waals surface area (Å²) in [7, 11) is 0. The minimum Gasteiger partial charge on any atom is -0.376 e. The molecule has 2 aliphatic rings. The number of hydrogen-bond acceptors (Lipinski definition) is 5. The molecule has 24 heavy (non-hydrogen) atoms. The van der Waals surface area contributed by atoms with Gasteiger partial charge in [-0.2, -0.15) is 5.10 Å². The second-order valence-corrected chi connectivity index (χ2v) is 7.23. The van der Waals surface area contributed by atoms with Crippen molar-refractivity contribution >= 4 is 5.91 Å². The number of nitrogens with zero attached hydrogens (tertiary/aromatic N) is 3. The van der Waals surface area contributed by atoms with Crippen LogP contribution in [0.2, 0.25) is 0 Å². The zero-order valence-electron chi connectivity index (χ0n) is 14.9. The van der Waals surface area contributed by atoms with E-state index in [1.54, 1.807) is 0 Å². The van der Waals surface area contributed by atoms with E-state index in [0.717, 1.165) is 50.5 Å². The van der Waals surface area contributed by atoms with Gasteiger partial charge in [0.25, 0.3) is 0 Å². The molecule has 1 amide bonds. The van der Waals surface area contributed by atoms with Gasteiger partial charge < -0.3 is 15.4 Å². The van der Waals surface area contributed by atoms with E-state index < -0.39 is 0 Å². The number of carbonyl (C=O) groups excluding carboxylic acids is 1. The van der Waals surface area contributed by atoms with E-state index in [4.69, 9.17) is 4.74 Å². The average Bonchev–Trinajstić information content (AvgIpc) is 3.21. The molecule has 3 rings (SSSR count). The number of fused-ring (bicyclic) bond motifs is 1. The SMILES string of the molecule is CC(NC1CCc2nc(C(C)C)nn2C1)C(=O)NCC1CCCO1. The number of amides is 1. The number of carbonyl (C=O) groups is 1. The molecule has 2 aliphatic heterocycles. The quantitative estimate of drug-likeness (QED) is 0.810. The van der Waals surface area contributed by atoms with E-state index in [1.807, 2.05) is 11.6 Å². The molecule has 0 spiro atoms. The lowest BCUT2D eigenvalue weighted by Crippen LogP contribution is -2.50. The molecule has 0 radical (unpaired) electrons. The third kappa shape index (κ3) is 4.13. The first-order valence-corrected chi connectivity index (χ1v) is 9.12. The van der Waals surface area contributed by atoms with E-state index >= 15 is 0 Å². The Morgan fingerprint density at radius 3 is 2.92 bits per heavy atom. The number of aromatic nitrogens is 3. The number of hydrogen-bond donors (Lipinski definition) is 2. The first-order chi connectivity index (χ1) is 11.5. The molecule has 1 fully saturated rings. The van der Waals surface area contributed by atoms with Gasteiger partial charge in [-0.3, -0.25) is 4.79 Å². The van der Waals surface area contributed by atoms with Crippen molar-refractivity contribution in [2.45, 2.75) is 77.1 Å². The maximum Gasteiger partial charge on any atom is 0.236 e. The maximum absolute atomic E-state index is 12.2. The van der Waals surface area contributed by atoms with Crippen molar-refractivity contribution in [3.8, 4) is 0 Å². The van der Waals surface area contributed by atoms with Gasteiger partial charge in [-0.25, -0.2) is 9.67 Å². The normalized spacial score (nSPS) is 24.8. The highest BCUT2D eigenvalue weighted by Crippen LogP contribution is 2.17. The first kappa shape index (κ1) is 17.4. The van der Waals surface area contributed by atoms with Gasteiger partial charge in [0.2, 0.25) is 5.91 Å². The predicted octanol–water partition coefficient (Wildman–Crippen LogP) is 0.990. The van der Waals surface area contributed by atoms with Crippen LogP contribution in [0, 0.1) is 0 Å². The number of aryl methyl sites for hydroxylation is 1. The van der Waals surface area contributed by atoms with Crippen molar-refractivity contribution in [2.75, 3.05) is 13.2 Å². The highest BCUT2D eigenvalue weighted by molar-refractivity contribution is 5.81. The predicted molar refractivity (Wildman–Crippen MR) is 90.8 cm³/mol. The van der Waals surface area contributed by atoms with Crippen molar-refractivity contribution in [3.63, 3.8) is 0 Å². The lowest BCUT2D eigenvalue weighted by molar-refractivity contribution is -0.123. The molecule has 3 unspecified atom stereocenters. The lowest BCUT2D eigenvalue weighted by atomic mass is 10.1. The van der Waals surface area contributed by atoms with Crippen molar-refractivity contribution in [3.05, 3.63) is 11.6 Å². The molecule has 0 aliphatic carbocycles. The number of ether oxygens (including phenoxy) is 1. The van der Waals surface area contributed by atoms with E-state index in [2.05, 4.69) is 34.6 Å². The Bertz CT molecular complexity index is 565. The molecule has 3 heterocycles. The van der Waals surface area contributed by atoms with Gasteiger partial charge in [0, 0.05) is 31.5 Å². The van der Waals surface area contributed by atoms with Crippen LogP contribution in [0.25, 0.3) is 0 Å². The third-order valence-electron chi connectivity index (χ3n) is 4.80. The van der Waals surface area contributed by atoms with Crippen molar-refractivity contribution in [1.82, 2.24) is 25.4 Å².